The molecule has 0 aliphatic heterocycles. The van der Waals surface area contributed by atoms with Gasteiger partial charge in [0.1, 0.15) is 17.2 Å². The van der Waals surface area contributed by atoms with Crippen molar-refractivity contribution in [2.45, 2.75) is 10.2 Å². The van der Waals surface area contributed by atoms with E-state index in [-0.39, 0.29) is 40.2 Å². The minimum absolute atomic E-state index is 0.0150. The summed E-state index contributed by atoms with van der Waals surface area (Å²) in [6, 6.07) is 9.29. The number of benzene rings is 2. The molecule has 0 radical (unpaired) electrons. The third-order valence-corrected chi connectivity index (χ3v) is 5.49. The van der Waals surface area contributed by atoms with E-state index >= 15 is 0 Å². The van der Waals surface area contributed by atoms with Crippen molar-refractivity contribution in [1.29, 1.82) is 0 Å². The maximum Gasteiger partial charge on any atom is 0.325 e. The number of urea groups is 1. The van der Waals surface area contributed by atoms with Crippen LogP contribution >= 0.6 is 34.8 Å². The van der Waals surface area contributed by atoms with Crippen molar-refractivity contribution in [1.82, 2.24) is 15.3 Å². The van der Waals surface area contributed by atoms with Crippen molar-refractivity contribution in [2.75, 3.05) is 5.32 Å². The average Bonchev–Trinajstić information content (AvgIpc) is 3.26. The maximum atomic E-state index is 14.8. The third kappa shape index (κ3) is 6.34. The van der Waals surface area contributed by atoms with Crippen LogP contribution in [-0.4, -0.2) is 31.5 Å². The molecule has 2 aromatic carbocycles. The summed E-state index contributed by atoms with van der Waals surface area (Å²) in [5.41, 5.74) is 0.769. The molecule has 0 saturated carbocycles. The van der Waals surface area contributed by atoms with Gasteiger partial charge in [0.05, 0.1) is 17.4 Å². The highest BCUT2D eigenvalue weighted by Crippen LogP contribution is 2.37. The second kappa shape index (κ2) is 10.7. The smallest absolute Gasteiger partial charge is 0.325 e. The molecule has 0 aliphatic rings. The van der Waals surface area contributed by atoms with Gasteiger partial charge in [0.2, 0.25) is 11.7 Å². The Morgan fingerprint density at radius 3 is 2.41 bits per heavy atom. The highest BCUT2D eigenvalue weighted by Gasteiger charge is 2.34. The second-order valence-electron chi connectivity index (χ2n) is 7.61. The van der Waals surface area contributed by atoms with E-state index in [0.29, 0.717) is 5.56 Å². The summed E-state index contributed by atoms with van der Waals surface area (Å²) in [6.45, 7) is 0. The molecule has 0 unspecified atom stereocenters. The molecule has 4 aromatic rings. The number of aromatic nitrogens is 2. The first-order chi connectivity index (χ1) is 17.5. The molecule has 190 valence electrons. The molecule has 3 amide bonds. The highest BCUT2D eigenvalue weighted by atomic mass is 35.6. The minimum atomic E-state index is -2.23. The number of carbonyl (C=O) groups is 3. The number of pyridine rings is 1. The standard InChI is InChI=1S/C24H15Cl3F2N4O4/c25-24(26,27)21(35)15-11-31-22-20(15)18(7-8-30-22)37-17-6-5-14(10-16(17)29)32-23(36)33-19(34)9-12-1-3-13(28)4-2-12/h1-8,10-11H,9H2,(H,30,31)(H2,32,33,34,36). The molecule has 0 aliphatic carbocycles. The van der Waals surface area contributed by atoms with Crippen molar-refractivity contribution >= 4 is 69.2 Å². The lowest BCUT2D eigenvalue weighted by Gasteiger charge is -2.12. The maximum absolute atomic E-state index is 14.8. The number of amides is 3. The van der Waals surface area contributed by atoms with E-state index in [1.165, 1.54) is 54.9 Å². The van der Waals surface area contributed by atoms with Gasteiger partial charge < -0.3 is 15.0 Å². The van der Waals surface area contributed by atoms with Gasteiger partial charge in [-0.25, -0.2) is 18.6 Å². The van der Waals surface area contributed by atoms with Gasteiger partial charge >= 0.3 is 6.03 Å². The number of imide groups is 1. The summed E-state index contributed by atoms with van der Waals surface area (Å²) in [4.78, 5) is 43.5. The number of carbonyl (C=O) groups excluding carboxylic acids is 3. The van der Waals surface area contributed by atoms with Crippen molar-refractivity contribution in [3.05, 3.63) is 83.7 Å². The Hall–Kier alpha value is -3.73. The normalized spacial score (nSPS) is 11.3. The molecule has 0 atom stereocenters. The quantitative estimate of drug-likeness (QED) is 0.193. The SMILES string of the molecule is O=C(Cc1ccc(F)cc1)NC(=O)Nc1ccc(Oc2ccnc3[nH]cc(C(=O)C(Cl)(Cl)Cl)c23)c(F)c1. The molecule has 2 aromatic heterocycles. The van der Waals surface area contributed by atoms with Gasteiger partial charge in [-0.15, -0.1) is 0 Å². The summed E-state index contributed by atoms with van der Waals surface area (Å²) < 4.78 is 31.2. The zero-order valence-corrected chi connectivity index (χ0v) is 20.7. The fourth-order valence-electron chi connectivity index (χ4n) is 3.34. The third-order valence-electron chi connectivity index (χ3n) is 4.98. The molecule has 0 bridgehead atoms. The lowest BCUT2D eigenvalue weighted by atomic mass is 10.1. The Balaban J connectivity index is 1.46. The van der Waals surface area contributed by atoms with Gasteiger partial charge in [-0.3, -0.25) is 14.9 Å². The van der Waals surface area contributed by atoms with Crippen LogP contribution in [0.3, 0.4) is 0 Å². The predicted molar refractivity (Wildman–Crippen MR) is 134 cm³/mol. The Kier molecular flexibility index (Phi) is 7.63. The van der Waals surface area contributed by atoms with Crippen molar-refractivity contribution in [3.63, 3.8) is 0 Å². The van der Waals surface area contributed by atoms with E-state index < -0.39 is 33.1 Å². The topological polar surface area (TPSA) is 113 Å². The summed E-state index contributed by atoms with van der Waals surface area (Å²) in [7, 11) is 0. The number of Topliss-reactive ketones (excluding diaryl/α,β-unsaturated/α-hetero) is 1. The van der Waals surface area contributed by atoms with Crippen LogP contribution in [0.1, 0.15) is 15.9 Å². The molecular formula is C24H15Cl3F2N4O4. The van der Waals surface area contributed by atoms with E-state index in [1.54, 1.807) is 0 Å². The van der Waals surface area contributed by atoms with Crippen LogP contribution in [0, 0.1) is 11.6 Å². The molecule has 2 heterocycles. The number of hydrogen-bond donors (Lipinski definition) is 3. The zero-order valence-electron chi connectivity index (χ0n) is 18.5. The number of alkyl halides is 3. The van der Waals surface area contributed by atoms with Crippen molar-refractivity contribution in [2.24, 2.45) is 0 Å². The number of rotatable bonds is 6. The number of H-pyrrole nitrogens is 1. The zero-order chi connectivity index (χ0) is 26.7. The van der Waals surface area contributed by atoms with Crippen LogP contribution in [0.5, 0.6) is 11.5 Å². The molecule has 8 nitrogen and oxygen atoms in total. The van der Waals surface area contributed by atoms with Gasteiger partial charge in [0.15, 0.2) is 11.6 Å². The van der Waals surface area contributed by atoms with E-state index in [1.807, 2.05) is 0 Å². The van der Waals surface area contributed by atoms with Crippen LogP contribution in [0.4, 0.5) is 19.3 Å². The fraction of sp³-hybridized carbons (Fsp3) is 0.0833. The number of ether oxygens (including phenoxy) is 1. The van der Waals surface area contributed by atoms with Gasteiger partial charge in [-0.1, -0.05) is 46.9 Å². The number of nitrogens with zero attached hydrogens (tertiary/aromatic N) is 1. The first-order valence-corrected chi connectivity index (χ1v) is 11.5. The molecule has 13 heteroatoms. The molecule has 0 spiro atoms. The first-order valence-electron chi connectivity index (χ1n) is 10.4. The largest absolute Gasteiger partial charge is 0.453 e. The van der Waals surface area contributed by atoms with Gasteiger partial charge in [0.25, 0.3) is 3.79 Å². The predicted octanol–water partition coefficient (Wildman–Crippen LogP) is 6.08. The number of anilines is 1. The first kappa shape index (κ1) is 26.3. The average molecular weight is 568 g/mol. The highest BCUT2D eigenvalue weighted by molar-refractivity contribution is 6.77. The van der Waals surface area contributed by atoms with E-state index in [0.717, 1.165) is 6.07 Å². The van der Waals surface area contributed by atoms with Crippen LogP contribution in [0.2, 0.25) is 0 Å². The number of fused-ring (bicyclic) bond motifs is 1. The number of nitrogens with one attached hydrogen (secondary N) is 3. The van der Waals surface area contributed by atoms with E-state index in [9.17, 15) is 23.2 Å². The molecule has 37 heavy (non-hydrogen) atoms. The van der Waals surface area contributed by atoms with Crippen molar-refractivity contribution in [3.8, 4) is 11.5 Å². The Morgan fingerprint density at radius 1 is 1.00 bits per heavy atom. The molecule has 0 saturated heterocycles. The van der Waals surface area contributed by atoms with E-state index in [2.05, 4.69) is 20.6 Å². The van der Waals surface area contributed by atoms with Gasteiger partial charge in [0, 0.05) is 24.1 Å². The van der Waals surface area contributed by atoms with Crippen molar-refractivity contribution < 1.29 is 27.9 Å². The molecule has 3 N–H and O–H groups in total. The summed E-state index contributed by atoms with van der Waals surface area (Å²) in [5, 5.41) is 4.62. The number of aromatic amines is 1. The Labute approximate surface area is 222 Å². The monoisotopic (exact) mass is 566 g/mol. The van der Waals surface area contributed by atoms with Crippen LogP contribution in [0.15, 0.2) is 60.9 Å². The second-order valence-corrected chi connectivity index (χ2v) is 9.90. The molecule has 0 fully saturated rings. The lowest BCUT2D eigenvalue weighted by molar-refractivity contribution is -0.119. The number of ketones is 1. The minimum Gasteiger partial charge on any atom is -0.453 e. The summed E-state index contributed by atoms with van der Waals surface area (Å²) in [6.07, 6.45) is 2.52. The number of hydrogen-bond acceptors (Lipinski definition) is 5. The van der Waals surface area contributed by atoms with Crippen LogP contribution < -0.4 is 15.4 Å². The lowest BCUT2D eigenvalue weighted by Crippen LogP contribution is -2.35. The number of halogens is 5. The fourth-order valence-corrected chi connectivity index (χ4v) is 3.65. The van der Waals surface area contributed by atoms with E-state index in [4.69, 9.17) is 39.5 Å². The Bertz CT molecular complexity index is 1500. The Morgan fingerprint density at radius 2 is 1.73 bits per heavy atom. The summed E-state index contributed by atoms with van der Waals surface area (Å²) >= 11 is 17.2. The van der Waals surface area contributed by atoms with Crippen LogP contribution in [0.25, 0.3) is 11.0 Å². The van der Waals surface area contributed by atoms with Crippen LogP contribution in [-0.2, 0) is 11.2 Å². The molecule has 4 rings (SSSR count). The molecular weight excluding hydrogens is 553 g/mol. The van der Waals surface area contributed by atoms with Gasteiger partial charge in [-0.05, 0) is 35.9 Å². The van der Waals surface area contributed by atoms with Gasteiger partial charge in [-0.2, -0.15) is 0 Å². The summed E-state index contributed by atoms with van der Waals surface area (Å²) in [5.74, 6) is -2.95.